The summed E-state index contributed by atoms with van der Waals surface area (Å²) in [6.07, 6.45) is 0.272. The van der Waals surface area contributed by atoms with Crippen molar-refractivity contribution >= 4 is 23.6 Å². The number of nitrogens with one attached hydrogen (secondary N) is 1. The van der Waals surface area contributed by atoms with E-state index < -0.39 is 16.9 Å². The van der Waals surface area contributed by atoms with Crippen LogP contribution in [0, 0.1) is 17.0 Å². The minimum Gasteiger partial charge on any atom is -0.383 e. The molecule has 1 aromatic carbocycles. The van der Waals surface area contributed by atoms with Crippen LogP contribution in [-0.2, 0) is 9.63 Å². The maximum absolute atomic E-state index is 11.8. The standard InChI is InChI=1S/C14H14N4O5/c1-9-7-13(17-22-9)16-14(19)10(2)23-15-8-11-5-3-4-6-12(11)18(20)21/h3-8,10H,1-2H3,(H,16,17,19)/b15-8-/t10-/m1/s1. The van der Waals surface area contributed by atoms with E-state index in [1.54, 1.807) is 25.1 Å². The molecular weight excluding hydrogens is 304 g/mol. The third-order valence-electron chi connectivity index (χ3n) is 2.79. The van der Waals surface area contributed by atoms with Crippen molar-refractivity contribution in [3.8, 4) is 0 Å². The van der Waals surface area contributed by atoms with Crippen molar-refractivity contribution in [3.05, 3.63) is 51.8 Å². The fourth-order valence-electron chi connectivity index (χ4n) is 1.64. The van der Waals surface area contributed by atoms with Crippen LogP contribution in [0.2, 0.25) is 0 Å². The molecule has 0 aliphatic heterocycles. The van der Waals surface area contributed by atoms with Crippen LogP contribution in [-0.4, -0.2) is 28.3 Å². The summed E-state index contributed by atoms with van der Waals surface area (Å²) in [5, 5.41) is 20.6. The number of amides is 1. The molecule has 2 rings (SSSR count). The van der Waals surface area contributed by atoms with Gasteiger partial charge in [-0.25, -0.2) is 0 Å². The number of oxime groups is 1. The molecule has 0 aliphatic rings. The lowest BCUT2D eigenvalue weighted by molar-refractivity contribution is -0.385. The van der Waals surface area contributed by atoms with E-state index in [4.69, 9.17) is 9.36 Å². The number of hydrogen-bond acceptors (Lipinski definition) is 7. The minimum atomic E-state index is -0.911. The predicted octanol–water partition coefficient (Wildman–Crippen LogP) is 2.27. The molecule has 0 fully saturated rings. The maximum atomic E-state index is 11.8. The molecule has 0 unspecified atom stereocenters. The number of carbonyl (C=O) groups excluding carboxylic acids is 1. The highest BCUT2D eigenvalue weighted by Gasteiger charge is 2.16. The summed E-state index contributed by atoms with van der Waals surface area (Å²) < 4.78 is 4.82. The number of hydrogen-bond donors (Lipinski definition) is 1. The molecule has 0 saturated carbocycles. The summed E-state index contributed by atoms with van der Waals surface area (Å²) in [6.45, 7) is 3.18. The van der Waals surface area contributed by atoms with Gasteiger partial charge in [0.25, 0.3) is 11.6 Å². The summed E-state index contributed by atoms with van der Waals surface area (Å²) in [4.78, 5) is 27.2. The Labute approximate surface area is 131 Å². The summed E-state index contributed by atoms with van der Waals surface area (Å²) in [5.74, 6) is 0.354. The van der Waals surface area contributed by atoms with Crippen LogP contribution in [0.1, 0.15) is 18.2 Å². The molecule has 1 aromatic heterocycles. The lowest BCUT2D eigenvalue weighted by Gasteiger charge is -2.08. The number of para-hydroxylation sites is 1. The number of benzene rings is 1. The zero-order chi connectivity index (χ0) is 16.8. The van der Waals surface area contributed by atoms with E-state index in [0.29, 0.717) is 5.76 Å². The largest absolute Gasteiger partial charge is 0.383 e. The Bertz CT molecular complexity index is 740. The SMILES string of the molecule is Cc1cc(NC(=O)[C@@H](C)O/N=C\c2ccccc2[N+](=O)[O-])no1. The van der Waals surface area contributed by atoms with Crippen LogP contribution in [0.4, 0.5) is 11.5 Å². The Balaban J connectivity index is 1.94. The lowest BCUT2D eigenvalue weighted by atomic mass is 10.2. The molecule has 0 saturated heterocycles. The van der Waals surface area contributed by atoms with E-state index in [0.717, 1.165) is 0 Å². The van der Waals surface area contributed by atoms with Gasteiger partial charge in [0.15, 0.2) is 5.82 Å². The molecule has 2 aromatic rings. The third kappa shape index (κ3) is 4.37. The van der Waals surface area contributed by atoms with Crippen LogP contribution in [0.15, 0.2) is 40.0 Å². The highest BCUT2D eigenvalue weighted by atomic mass is 16.6. The Morgan fingerprint density at radius 1 is 1.52 bits per heavy atom. The highest BCUT2D eigenvalue weighted by molar-refractivity contribution is 5.93. The van der Waals surface area contributed by atoms with Crippen LogP contribution in [0.5, 0.6) is 0 Å². The number of nitrogens with zero attached hydrogens (tertiary/aromatic N) is 3. The van der Waals surface area contributed by atoms with E-state index >= 15 is 0 Å². The molecule has 1 amide bonds. The van der Waals surface area contributed by atoms with Crippen LogP contribution < -0.4 is 5.32 Å². The fraction of sp³-hybridized carbons (Fsp3) is 0.214. The van der Waals surface area contributed by atoms with Gasteiger partial charge < -0.3 is 14.7 Å². The number of rotatable bonds is 6. The first-order valence-corrected chi connectivity index (χ1v) is 6.64. The van der Waals surface area contributed by atoms with E-state index in [-0.39, 0.29) is 17.1 Å². The molecular formula is C14H14N4O5. The minimum absolute atomic E-state index is 0.102. The quantitative estimate of drug-likeness (QED) is 0.495. The molecule has 0 aliphatic carbocycles. The number of anilines is 1. The Hall–Kier alpha value is -3.23. The molecule has 23 heavy (non-hydrogen) atoms. The van der Waals surface area contributed by atoms with Crippen LogP contribution in [0.25, 0.3) is 0 Å². The number of nitro benzene ring substituents is 1. The van der Waals surface area contributed by atoms with Crippen molar-refractivity contribution in [2.24, 2.45) is 5.16 Å². The molecule has 1 atom stereocenters. The molecule has 0 spiro atoms. The van der Waals surface area contributed by atoms with Crippen molar-refractivity contribution in [1.29, 1.82) is 0 Å². The van der Waals surface area contributed by atoms with Crippen LogP contribution in [0.3, 0.4) is 0 Å². The Morgan fingerprint density at radius 2 is 2.26 bits per heavy atom. The van der Waals surface area contributed by atoms with Crippen molar-refractivity contribution in [1.82, 2.24) is 5.16 Å². The van der Waals surface area contributed by atoms with Crippen molar-refractivity contribution in [2.45, 2.75) is 20.0 Å². The number of carbonyl (C=O) groups is 1. The van der Waals surface area contributed by atoms with Gasteiger partial charge >= 0.3 is 0 Å². The summed E-state index contributed by atoms with van der Waals surface area (Å²) >= 11 is 0. The fourth-order valence-corrected chi connectivity index (χ4v) is 1.64. The van der Waals surface area contributed by atoms with Gasteiger partial charge in [0.2, 0.25) is 6.10 Å². The first-order chi connectivity index (χ1) is 11.0. The van der Waals surface area contributed by atoms with Crippen LogP contribution >= 0.6 is 0 Å². The molecule has 0 bridgehead atoms. The Kier molecular flexibility index (Phi) is 5.03. The topological polar surface area (TPSA) is 120 Å². The monoisotopic (exact) mass is 318 g/mol. The average molecular weight is 318 g/mol. The normalized spacial score (nSPS) is 12.1. The van der Waals surface area contributed by atoms with Gasteiger partial charge in [0.05, 0.1) is 16.7 Å². The van der Waals surface area contributed by atoms with Crippen molar-refractivity contribution < 1.29 is 19.1 Å². The number of aryl methyl sites for hydroxylation is 1. The number of aromatic nitrogens is 1. The van der Waals surface area contributed by atoms with Gasteiger partial charge in [-0.3, -0.25) is 14.9 Å². The number of nitro groups is 1. The molecule has 1 N–H and O–H groups in total. The third-order valence-corrected chi connectivity index (χ3v) is 2.79. The summed E-state index contributed by atoms with van der Waals surface area (Å²) in [7, 11) is 0. The maximum Gasteiger partial charge on any atom is 0.278 e. The first-order valence-electron chi connectivity index (χ1n) is 6.64. The van der Waals surface area contributed by atoms with Gasteiger partial charge in [0, 0.05) is 12.1 Å². The second kappa shape index (κ2) is 7.16. The van der Waals surface area contributed by atoms with E-state index in [9.17, 15) is 14.9 Å². The van der Waals surface area contributed by atoms with Gasteiger partial charge in [-0.15, -0.1) is 0 Å². The lowest BCUT2D eigenvalue weighted by Crippen LogP contribution is -2.26. The smallest absolute Gasteiger partial charge is 0.278 e. The first kappa shape index (κ1) is 16.1. The molecule has 1 heterocycles. The average Bonchev–Trinajstić information content (AvgIpc) is 2.92. The Morgan fingerprint density at radius 3 is 2.91 bits per heavy atom. The highest BCUT2D eigenvalue weighted by Crippen LogP contribution is 2.15. The molecule has 9 heteroatoms. The van der Waals surface area contributed by atoms with E-state index in [2.05, 4.69) is 15.6 Å². The van der Waals surface area contributed by atoms with Crippen molar-refractivity contribution in [2.75, 3.05) is 5.32 Å². The summed E-state index contributed by atoms with van der Waals surface area (Å²) in [5.41, 5.74) is 0.173. The van der Waals surface area contributed by atoms with Crippen molar-refractivity contribution in [3.63, 3.8) is 0 Å². The van der Waals surface area contributed by atoms with Gasteiger partial charge in [-0.1, -0.05) is 22.4 Å². The predicted molar refractivity (Wildman–Crippen MR) is 81.1 cm³/mol. The molecule has 9 nitrogen and oxygen atoms in total. The zero-order valence-corrected chi connectivity index (χ0v) is 12.4. The van der Waals surface area contributed by atoms with Gasteiger partial charge in [-0.05, 0) is 19.9 Å². The second-order valence-corrected chi connectivity index (χ2v) is 4.61. The molecule has 0 radical (unpaired) electrons. The zero-order valence-electron chi connectivity index (χ0n) is 12.4. The second-order valence-electron chi connectivity index (χ2n) is 4.61. The summed E-state index contributed by atoms with van der Waals surface area (Å²) in [6, 6.07) is 7.61. The van der Waals surface area contributed by atoms with Gasteiger partial charge in [0.1, 0.15) is 5.76 Å². The van der Waals surface area contributed by atoms with E-state index in [1.165, 1.54) is 25.3 Å². The molecule has 120 valence electrons. The van der Waals surface area contributed by atoms with Gasteiger partial charge in [-0.2, -0.15) is 0 Å². The van der Waals surface area contributed by atoms with E-state index in [1.807, 2.05) is 0 Å².